The van der Waals surface area contributed by atoms with Crippen LogP contribution in [-0.2, 0) is 11.3 Å². The van der Waals surface area contributed by atoms with Crippen molar-refractivity contribution in [2.45, 2.75) is 32.9 Å². The van der Waals surface area contributed by atoms with Crippen molar-refractivity contribution in [3.8, 4) is 5.75 Å². The first kappa shape index (κ1) is 15.8. The van der Waals surface area contributed by atoms with Crippen molar-refractivity contribution in [1.29, 1.82) is 0 Å². The highest BCUT2D eigenvalue weighted by Gasteiger charge is 2.16. The summed E-state index contributed by atoms with van der Waals surface area (Å²) >= 11 is 0. The number of hydrogen-bond donors (Lipinski definition) is 1. The summed E-state index contributed by atoms with van der Waals surface area (Å²) in [5, 5.41) is 6.94. The maximum Gasteiger partial charge on any atom is 0.413 e. The summed E-state index contributed by atoms with van der Waals surface area (Å²) < 4.78 is 12.3. The van der Waals surface area contributed by atoms with Gasteiger partial charge < -0.3 is 14.8 Å². The smallest absolute Gasteiger partial charge is 0.407 e. The highest BCUT2D eigenvalue weighted by atomic mass is 16.6. The Bertz CT molecular complexity index is 461. The number of ether oxygens (including phenoxy) is 2. The molecule has 1 aliphatic heterocycles. The average molecular weight is 296 g/mol. The molecular formula is C14H24N4O3. The van der Waals surface area contributed by atoms with Crippen molar-refractivity contribution < 1.29 is 14.3 Å². The molecule has 0 saturated carbocycles. The van der Waals surface area contributed by atoms with E-state index in [1.165, 1.54) is 0 Å². The molecule has 2 rings (SSSR count). The third-order valence-corrected chi connectivity index (χ3v) is 3.05. The number of carbonyl (C=O) groups excluding carboxylic acids is 1. The Balaban J connectivity index is 1.77. The molecule has 0 unspecified atom stereocenters. The second-order valence-electron chi connectivity index (χ2n) is 6.16. The Labute approximate surface area is 125 Å². The minimum Gasteiger partial charge on any atom is -0.407 e. The van der Waals surface area contributed by atoms with Gasteiger partial charge in [0.1, 0.15) is 0 Å². The fraction of sp³-hybridized carbons (Fsp3) is 0.714. The van der Waals surface area contributed by atoms with Gasteiger partial charge in [0, 0.05) is 25.2 Å². The van der Waals surface area contributed by atoms with Gasteiger partial charge in [-0.15, -0.1) is 0 Å². The highest BCUT2D eigenvalue weighted by molar-refractivity contribution is 5.70. The summed E-state index contributed by atoms with van der Waals surface area (Å²) in [6.45, 7) is 10.9. The number of aromatic nitrogens is 2. The minimum atomic E-state index is -0.463. The lowest BCUT2D eigenvalue weighted by Gasteiger charge is -2.26. The Kier molecular flexibility index (Phi) is 5.19. The van der Waals surface area contributed by atoms with E-state index in [1.54, 1.807) is 17.1 Å². The van der Waals surface area contributed by atoms with E-state index in [0.29, 0.717) is 5.75 Å². The molecular weight excluding hydrogens is 272 g/mol. The van der Waals surface area contributed by atoms with Gasteiger partial charge in [0.2, 0.25) is 0 Å². The van der Waals surface area contributed by atoms with Gasteiger partial charge in [-0.1, -0.05) is 0 Å². The van der Waals surface area contributed by atoms with Gasteiger partial charge in [-0.2, -0.15) is 5.10 Å². The van der Waals surface area contributed by atoms with Crippen LogP contribution in [0.15, 0.2) is 12.4 Å². The standard InChI is InChI=1S/C14H24N4O3/c1-14(2,3)16-13(19)21-12-10-15-18(11-12)5-4-17-6-8-20-9-7-17/h10-11H,4-9H2,1-3H3,(H,16,19). The summed E-state index contributed by atoms with van der Waals surface area (Å²) in [6.07, 6.45) is 2.83. The van der Waals surface area contributed by atoms with Crippen LogP contribution in [0.3, 0.4) is 0 Å². The molecule has 7 heteroatoms. The first-order valence-corrected chi connectivity index (χ1v) is 7.25. The van der Waals surface area contributed by atoms with Gasteiger partial charge >= 0.3 is 6.09 Å². The Morgan fingerprint density at radius 2 is 2.10 bits per heavy atom. The first-order chi connectivity index (χ1) is 9.92. The molecule has 1 N–H and O–H groups in total. The number of nitrogens with zero attached hydrogens (tertiary/aromatic N) is 3. The molecule has 21 heavy (non-hydrogen) atoms. The van der Waals surface area contributed by atoms with Crippen LogP contribution in [0.25, 0.3) is 0 Å². The van der Waals surface area contributed by atoms with E-state index in [9.17, 15) is 4.79 Å². The Hall–Kier alpha value is -1.60. The van der Waals surface area contributed by atoms with Crippen molar-refractivity contribution in [2.24, 2.45) is 0 Å². The molecule has 118 valence electrons. The van der Waals surface area contributed by atoms with Crippen molar-refractivity contribution >= 4 is 6.09 Å². The molecule has 1 saturated heterocycles. The second-order valence-corrected chi connectivity index (χ2v) is 6.16. The quantitative estimate of drug-likeness (QED) is 0.901. The van der Waals surface area contributed by atoms with E-state index in [4.69, 9.17) is 9.47 Å². The third-order valence-electron chi connectivity index (χ3n) is 3.05. The van der Waals surface area contributed by atoms with Crippen LogP contribution < -0.4 is 10.1 Å². The topological polar surface area (TPSA) is 68.6 Å². The molecule has 0 radical (unpaired) electrons. The normalized spacial score (nSPS) is 16.7. The molecule has 2 heterocycles. The molecule has 7 nitrogen and oxygen atoms in total. The summed E-state index contributed by atoms with van der Waals surface area (Å²) in [5.74, 6) is 0.457. The van der Waals surface area contributed by atoms with Crippen molar-refractivity contribution in [3.63, 3.8) is 0 Å². The second kappa shape index (κ2) is 6.91. The zero-order chi connectivity index (χ0) is 15.3. The fourth-order valence-electron chi connectivity index (χ4n) is 2.03. The van der Waals surface area contributed by atoms with E-state index >= 15 is 0 Å². The predicted molar refractivity (Wildman–Crippen MR) is 78.4 cm³/mol. The van der Waals surface area contributed by atoms with E-state index in [-0.39, 0.29) is 5.54 Å². The van der Waals surface area contributed by atoms with Crippen LogP contribution in [0.1, 0.15) is 20.8 Å². The lowest BCUT2D eigenvalue weighted by molar-refractivity contribution is 0.0359. The largest absolute Gasteiger partial charge is 0.413 e. The summed E-state index contributed by atoms with van der Waals surface area (Å²) in [6, 6.07) is 0. The molecule has 1 amide bonds. The summed E-state index contributed by atoms with van der Waals surface area (Å²) in [7, 11) is 0. The monoisotopic (exact) mass is 296 g/mol. The van der Waals surface area contributed by atoms with Crippen LogP contribution in [-0.4, -0.2) is 59.2 Å². The van der Waals surface area contributed by atoms with E-state index in [2.05, 4.69) is 15.3 Å². The first-order valence-electron chi connectivity index (χ1n) is 7.25. The molecule has 0 spiro atoms. The van der Waals surface area contributed by atoms with Crippen LogP contribution in [0, 0.1) is 0 Å². The van der Waals surface area contributed by atoms with Crippen LogP contribution >= 0.6 is 0 Å². The van der Waals surface area contributed by atoms with Gasteiger partial charge in [0.15, 0.2) is 5.75 Å². The zero-order valence-corrected chi connectivity index (χ0v) is 13.0. The summed E-state index contributed by atoms with van der Waals surface area (Å²) in [4.78, 5) is 14.0. The van der Waals surface area contributed by atoms with Crippen molar-refractivity contribution in [2.75, 3.05) is 32.8 Å². The SMILES string of the molecule is CC(C)(C)NC(=O)Oc1cnn(CCN2CCOCC2)c1. The van der Waals surface area contributed by atoms with Gasteiger partial charge in [0.25, 0.3) is 0 Å². The maximum atomic E-state index is 11.7. The molecule has 1 aromatic heterocycles. The zero-order valence-electron chi connectivity index (χ0n) is 13.0. The number of nitrogens with one attached hydrogen (secondary N) is 1. The number of hydrogen-bond acceptors (Lipinski definition) is 5. The van der Waals surface area contributed by atoms with E-state index < -0.39 is 6.09 Å². The fourth-order valence-corrected chi connectivity index (χ4v) is 2.03. The molecule has 1 aliphatic rings. The van der Waals surface area contributed by atoms with Crippen LogP contribution in [0.4, 0.5) is 4.79 Å². The van der Waals surface area contributed by atoms with Crippen molar-refractivity contribution in [1.82, 2.24) is 20.0 Å². The predicted octanol–water partition coefficient (Wildman–Crippen LogP) is 1.10. The number of amides is 1. The van der Waals surface area contributed by atoms with Gasteiger partial charge in [-0.05, 0) is 20.8 Å². The minimum absolute atomic E-state index is 0.316. The number of carbonyl (C=O) groups is 1. The van der Waals surface area contributed by atoms with Gasteiger partial charge in [-0.3, -0.25) is 9.58 Å². The van der Waals surface area contributed by atoms with E-state index in [0.717, 1.165) is 39.4 Å². The lowest BCUT2D eigenvalue weighted by Crippen LogP contribution is -2.42. The maximum absolute atomic E-state index is 11.7. The average Bonchev–Trinajstić information content (AvgIpc) is 2.83. The Morgan fingerprint density at radius 1 is 1.38 bits per heavy atom. The molecule has 0 aromatic carbocycles. The van der Waals surface area contributed by atoms with Crippen LogP contribution in [0.5, 0.6) is 5.75 Å². The van der Waals surface area contributed by atoms with Gasteiger partial charge in [-0.25, -0.2) is 4.79 Å². The highest BCUT2D eigenvalue weighted by Crippen LogP contribution is 2.10. The number of morpholine rings is 1. The van der Waals surface area contributed by atoms with E-state index in [1.807, 2.05) is 20.8 Å². The third kappa shape index (κ3) is 5.73. The molecule has 0 bridgehead atoms. The Morgan fingerprint density at radius 3 is 2.76 bits per heavy atom. The van der Waals surface area contributed by atoms with Crippen molar-refractivity contribution in [3.05, 3.63) is 12.4 Å². The summed E-state index contributed by atoms with van der Waals surface area (Å²) in [5.41, 5.74) is -0.316. The molecule has 1 aromatic rings. The molecule has 0 aliphatic carbocycles. The number of rotatable bonds is 4. The van der Waals surface area contributed by atoms with Gasteiger partial charge in [0.05, 0.1) is 32.2 Å². The van der Waals surface area contributed by atoms with Crippen LogP contribution in [0.2, 0.25) is 0 Å². The molecule has 1 fully saturated rings. The molecule has 0 atom stereocenters. The lowest BCUT2D eigenvalue weighted by atomic mass is 10.1.